The third-order valence-corrected chi connectivity index (χ3v) is 6.29. The number of aromatic nitrogens is 6. The molecule has 0 saturated carbocycles. The van der Waals surface area contributed by atoms with Gasteiger partial charge in [-0.1, -0.05) is 6.07 Å². The number of pyridine rings is 3. The van der Waals surface area contributed by atoms with Gasteiger partial charge in [-0.2, -0.15) is 15.5 Å². The molecule has 1 aliphatic heterocycles. The molecule has 6 heterocycles. The zero-order valence-corrected chi connectivity index (χ0v) is 20.8. The summed E-state index contributed by atoms with van der Waals surface area (Å²) in [5, 5.41) is 24.5. The molecule has 1 atom stereocenters. The molecule has 11 nitrogen and oxygen atoms in total. The van der Waals surface area contributed by atoms with Crippen LogP contribution in [-0.4, -0.2) is 61.8 Å². The minimum Gasteiger partial charge on any atom is -0.489 e. The van der Waals surface area contributed by atoms with Gasteiger partial charge in [-0.3, -0.25) is 0 Å². The molecule has 0 spiro atoms. The van der Waals surface area contributed by atoms with E-state index >= 15 is 0 Å². The Bertz CT molecular complexity index is 1620. The Morgan fingerprint density at radius 2 is 2.08 bits per heavy atom. The van der Waals surface area contributed by atoms with Crippen LogP contribution in [0.2, 0.25) is 0 Å². The van der Waals surface area contributed by atoms with Crippen LogP contribution in [0, 0.1) is 17.1 Å². The molecular weight excluding hydrogens is 501 g/mol. The van der Waals surface area contributed by atoms with Crippen LogP contribution in [0.3, 0.4) is 0 Å². The van der Waals surface area contributed by atoms with Crippen LogP contribution in [0.1, 0.15) is 11.1 Å². The summed E-state index contributed by atoms with van der Waals surface area (Å²) in [5.41, 5.74) is 3.69. The van der Waals surface area contributed by atoms with Gasteiger partial charge in [-0.05, 0) is 29.8 Å². The molecule has 5 aromatic rings. The molecule has 12 heteroatoms. The van der Waals surface area contributed by atoms with Crippen molar-refractivity contribution in [2.75, 3.05) is 31.6 Å². The highest BCUT2D eigenvalue weighted by atomic mass is 19.1. The quantitative estimate of drug-likeness (QED) is 0.314. The maximum absolute atomic E-state index is 13.2. The van der Waals surface area contributed by atoms with Crippen molar-refractivity contribution < 1.29 is 13.9 Å². The summed E-state index contributed by atoms with van der Waals surface area (Å²) in [4.78, 5) is 8.90. The normalized spacial score (nSPS) is 15.2. The highest BCUT2D eigenvalue weighted by Crippen LogP contribution is 2.31. The smallest absolute Gasteiger partial charge is 0.161 e. The predicted octanol–water partition coefficient (Wildman–Crippen LogP) is 2.97. The van der Waals surface area contributed by atoms with Crippen LogP contribution in [0.5, 0.6) is 5.75 Å². The van der Waals surface area contributed by atoms with Crippen molar-refractivity contribution in [3.8, 4) is 28.8 Å². The highest BCUT2D eigenvalue weighted by Gasteiger charge is 2.17. The van der Waals surface area contributed by atoms with Crippen LogP contribution >= 0.6 is 0 Å². The fourth-order valence-corrected chi connectivity index (χ4v) is 4.33. The Morgan fingerprint density at radius 1 is 1.13 bits per heavy atom. The summed E-state index contributed by atoms with van der Waals surface area (Å²) in [7, 11) is 0. The Hall–Kier alpha value is -4.86. The molecule has 1 fully saturated rings. The second kappa shape index (κ2) is 10.9. The summed E-state index contributed by atoms with van der Waals surface area (Å²) in [6.45, 7) is 3.13. The number of hydrogen-bond donors (Lipinski definition) is 2. The number of halogens is 1. The van der Waals surface area contributed by atoms with Crippen molar-refractivity contribution in [1.29, 1.82) is 5.26 Å². The van der Waals surface area contributed by atoms with Crippen molar-refractivity contribution in [3.05, 3.63) is 84.5 Å². The van der Waals surface area contributed by atoms with Crippen LogP contribution in [-0.2, 0) is 11.3 Å². The standard InChI is InChI=1S/C27H24FN9O2/c28-21-13-35-36(15-21)26-4-1-18(10-33-26)9-31-25-3-2-19(11-32-25)24-7-22(39-17-23-14-30-5-6-38-23)16-37-27(24)20(8-29)12-34-37/h1-4,7,10-13,15-16,23,30H,5-6,9,14,17H2,(H,31,32). The van der Waals surface area contributed by atoms with E-state index in [1.165, 1.54) is 10.9 Å². The molecule has 0 radical (unpaired) electrons. The molecule has 2 N–H and O–H groups in total. The maximum atomic E-state index is 13.2. The molecule has 196 valence electrons. The predicted molar refractivity (Wildman–Crippen MR) is 140 cm³/mol. The van der Waals surface area contributed by atoms with E-state index in [9.17, 15) is 9.65 Å². The van der Waals surface area contributed by atoms with E-state index in [4.69, 9.17) is 9.47 Å². The van der Waals surface area contributed by atoms with Crippen molar-refractivity contribution in [3.63, 3.8) is 0 Å². The average molecular weight is 526 g/mol. The van der Waals surface area contributed by atoms with E-state index in [1.807, 2.05) is 24.3 Å². The maximum Gasteiger partial charge on any atom is 0.161 e. The lowest BCUT2D eigenvalue weighted by Crippen LogP contribution is -2.41. The van der Waals surface area contributed by atoms with Gasteiger partial charge in [0.25, 0.3) is 0 Å². The van der Waals surface area contributed by atoms with Gasteiger partial charge in [-0.15, -0.1) is 0 Å². The van der Waals surface area contributed by atoms with E-state index < -0.39 is 5.82 Å². The SMILES string of the molecule is N#Cc1cnn2cc(OCC3CNCCO3)cc(-c3ccc(NCc4ccc(-n5cc(F)cn5)nc4)nc3)c12. The fraction of sp³-hybridized carbons (Fsp3) is 0.222. The average Bonchev–Trinajstić information content (AvgIpc) is 3.62. The first-order valence-electron chi connectivity index (χ1n) is 12.4. The molecule has 0 amide bonds. The second-order valence-corrected chi connectivity index (χ2v) is 8.97. The number of nitrogens with one attached hydrogen (secondary N) is 2. The van der Waals surface area contributed by atoms with Crippen LogP contribution in [0.15, 0.2) is 67.5 Å². The van der Waals surface area contributed by atoms with Gasteiger partial charge in [-0.25, -0.2) is 23.6 Å². The van der Waals surface area contributed by atoms with Gasteiger partial charge in [0.05, 0.1) is 42.5 Å². The molecule has 1 aliphatic rings. The number of morpholine rings is 1. The van der Waals surface area contributed by atoms with E-state index in [0.717, 1.165) is 36.0 Å². The summed E-state index contributed by atoms with van der Waals surface area (Å²) >= 11 is 0. The molecule has 0 aromatic carbocycles. The van der Waals surface area contributed by atoms with Crippen molar-refractivity contribution in [1.82, 2.24) is 34.7 Å². The number of ether oxygens (including phenoxy) is 2. The Kier molecular flexibility index (Phi) is 6.82. The lowest BCUT2D eigenvalue weighted by atomic mass is 10.1. The first-order valence-corrected chi connectivity index (χ1v) is 12.4. The van der Waals surface area contributed by atoms with Gasteiger partial charge in [0.1, 0.15) is 30.3 Å². The number of nitrogens with zero attached hydrogens (tertiary/aromatic N) is 7. The van der Waals surface area contributed by atoms with Crippen LogP contribution in [0.25, 0.3) is 22.5 Å². The Balaban J connectivity index is 1.17. The van der Waals surface area contributed by atoms with Gasteiger partial charge >= 0.3 is 0 Å². The van der Waals surface area contributed by atoms with Crippen molar-refractivity contribution in [2.45, 2.75) is 12.6 Å². The monoisotopic (exact) mass is 525 g/mol. The first kappa shape index (κ1) is 24.5. The lowest BCUT2D eigenvalue weighted by Gasteiger charge is -2.23. The molecule has 6 rings (SSSR count). The second-order valence-electron chi connectivity index (χ2n) is 8.97. The Morgan fingerprint density at radius 3 is 2.79 bits per heavy atom. The zero-order valence-electron chi connectivity index (χ0n) is 20.8. The third-order valence-electron chi connectivity index (χ3n) is 6.29. The van der Waals surface area contributed by atoms with E-state index in [2.05, 4.69) is 36.9 Å². The molecule has 5 aromatic heterocycles. The topological polar surface area (TPSA) is 127 Å². The molecule has 0 aliphatic carbocycles. The largest absolute Gasteiger partial charge is 0.489 e. The third kappa shape index (κ3) is 5.40. The molecule has 0 bridgehead atoms. The van der Waals surface area contributed by atoms with E-state index in [-0.39, 0.29) is 6.10 Å². The van der Waals surface area contributed by atoms with E-state index in [1.54, 1.807) is 35.4 Å². The molecule has 39 heavy (non-hydrogen) atoms. The highest BCUT2D eigenvalue weighted by molar-refractivity contribution is 5.85. The van der Waals surface area contributed by atoms with Gasteiger partial charge < -0.3 is 20.1 Å². The van der Waals surface area contributed by atoms with Gasteiger partial charge in [0.2, 0.25) is 0 Å². The lowest BCUT2D eigenvalue weighted by molar-refractivity contribution is 0.000108. The summed E-state index contributed by atoms with van der Waals surface area (Å²) in [6, 6.07) is 11.6. The van der Waals surface area contributed by atoms with Crippen LogP contribution < -0.4 is 15.4 Å². The summed E-state index contributed by atoms with van der Waals surface area (Å²) < 4.78 is 28.0. The Labute approximate surface area is 222 Å². The fourth-order valence-electron chi connectivity index (χ4n) is 4.33. The minimum atomic E-state index is -0.416. The summed E-state index contributed by atoms with van der Waals surface area (Å²) in [6.07, 6.45) is 9.14. The zero-order chi connectivity index (χ0) is 26.6. The van der Waals surface area contributed by atoms with Crippen LogP contribution in [0.4, 0.5) is 10.2 Å². The van der Waals surface area contributed by atoms with Gasteiger partial charge in [0.15, 0.2) is 11.6 Å². The number of anilines is 1. The van der Waals surface area contributed by atoms with Crippen molar-refractivity contribution >= 4 is 11.3 Å². The molecule has 1 saturated heterocycles. The number of fused-ring (bicyclic) bond motifs is 1. The number of nitriles is 1. The molecule has 1 unspecified atom stereocenters. The number of rotatable bonds is 8. The number of hydrogen-bond acceptors (Lipinski definition) is 9. The first-order chi connectivity index (χ1) is 19.2. The van der Waals surface area contributed by atoms with Gasteiger partial charge in [0, 0.05) is 43.2 Å². The minimum absolute atomic E-state index is 0.0304. The van der Waals surface area contributed by atoms with E-state index in [0.29, 0.717) is 48.2 Å². The summed E-state index contributed by atoms with van der Waals surface area (Å²) in [5.74, 6) is 1.41. The van der Waals surface area contributed by atoms with Crippen molar-refractivity contribution in [2.24, 2.45) is 0 Å². The molecular formula is C27H24FN9O2.